The zero-order valence-electron chi connectivity index (χ0n) is 21.7. The van der Waals surface area contributed by atoms with E-state index in [4.69, 9.17) is 0 Å². The van der Waals surface area contributed by atoms with E-state index >= 15 is 0 Å². The number of nitrogens with one attached hydrogen (secondary N) is 2. The van der Waals surface area contributed by atoms with Crippen LogP contribution in [0.3, 0.4) is 0 Å². The number of hydrogen-bond acceptors (Lipinski definition) is 5. The fraction of sp³-hybridized carbons (Fsp3) is 0.615. The van der Waals surface area contributed by atoms with E-state index in [1.807, 2.05) is 12.3 Å². The summed E-state index contributed by atoms with van der Waals surface area (Å²) in [7, 11) is -1.92. The summed E-state index contributed by atoms with van der Waals surface area (Å²) in [5, 5.41) is 7.40. The van der Waals surface area contributed by atoms with Crippen molar-refractivity contribution in [1.29, 1.82) is 0 Å². The zero-order chi connectivity index (χ0) is 24.9. The second kappa shape index (κ2) is 11.5. The van der Waals surface area contributed by atoms with E-state index in [0.29, 0.717) is 45.7 Å². The van der Waals surface area contributed by atoms with Crippen LogP contribution in [0, 0.1) is 17.4 Å². The van der Waals surface area contributed by atoms with Gasteiger partial charge in [0.2, 0.25) is 0 Å². The standard InChI is InChI=1S/C26H39N5OSSi/c1-17(2)34(18(3)4,19(5)6)13-12-21-14-23(29-24-22(21)16-28-26(31-24)33-7)30-25(32)27-15-20-10-8-9-11-20/h14,16-20H,8-11,15H2,1-7H3,(H2,27,28,29,30,31,32). The third kappa shape index (κ3) is 5.92. The molecule has 1 fully saturated rings. The average molecular weight is 498 g/mol. The van der Waals surface area contributed by atoms with Gasteiger partial charge >= 0.3 is 6.03 Å². The number of pyridine rings is 1. The third-order valence-electron chi connectivity index (χ3n) is 7.27. The monoisotopic (exact) mass is 497 g/mol. The fourth-order valence-corrected chi connectivity index (χ4v) is 11.0. The number of carbonyl (C=O) groups excluding carboxylic acids is 1. The van der Waals surface area contributed by atoms with Crippen molar-refractivity contribution in [3.63, 3.8) is 0 Å². The van der Waals surface area contributed by atoms with Gasteiger partial charge in [-0.25, -0.2) is 19.7 Å². The van der Waals surface area contributed by atoms with Gasteiger partial charge in [0.05, 0.1) is 5.39 Å². The minimum atomic E-state index is -1.92. The lowest BCUT2D eigenvalue weighted by Crippen LogP contribution is -2.43. The van der Waals surface area contributed by atoms with Gasteiger partial charge in [-0.2, -0.15) is 0 Å². The summed E-state index contributed by atoms with van der Waals surface area (Å²) in [6, 6.07) is 1.64. The van der Waals surface area contributed by atoms with Gasteiger partial charge in [-0.15, -0.1) is 5.54 Å². The van der Waals surface area contributed by atoms with Gasteiger partial charge in [-0.3, -0.25) is 5.32 Å². The highest BCUT2D eigenvalue weighted by Crippen LogP contribution is 2.41. The quantitative estimate of drug-likeness (QED) is 0.194. The van der Waals surface area contributed by atoms with E-state index in [1.54, 1.807) is 6.20 Å². The van der Waals surface area contributed by atoms with Gasteiger partial charge in [0.15, 0.2) is 10.8 Å². The van der Waals surface area contributed by atoms with E-state index in [9.17, 15) is 4.79 Å². The van der Waals surface area contributed by atoms with Crippen molar-refractivity contribution in [2.75, 3.05) is 18.1 Å². The van der Waals surface area contributed by atoms with Gasteiger partial charge in [0, 0.05) is 18.3 Å². The minimum Gasteiger partial charge on any atom is -0.338 e. The number of thioether (sulfide) groups is 1. The molecule has 34 heavy (non-hydrogen) atoms. The number of rotatable bonds is 7. The highest BCUT2D eigenvalue weighted by molar-refractivity contribution is 7.98. The summed E-state index contributed by atoms with van der Waals surface area (Å²) in [5.74, 6) is 4.56. The SMILES string of the molecule is CSc1ncc2c(C#C[Si](C(C)C)(C(C)C)C(C)C)cc(NC(=O)NCC3CCCC3)nc2n1. The molecule has 1 saturated carbocycles. The van der Waals surface area contributed by atoms with Crippen LogP contribution in [0.1, 0.15) is 72.8 Å². The van der Waals surface area contributed by atoms with Crippen molar-refractivity contribution in [1.82, 2.24) is 20.3 Å². The van der Waals surface area contributed by atoms with Gasteiger partial charge < -0.3 is 5.32 Å². The van der Waals surface area contributed by atoms with Crippen LogP contribution < -0.4 is 10.6 Å². The van der Waals surface area contributed by atoms with Gasteiger partial charge in [-0.05, 0) is 47.7 Å². The van der Waals surface area contributed by atoms with E-state index in [-0.39, 0.29) is 6.03 Å². The number of aromatic nitrogens is 3. The Morgan fingerprint density at radius 3 is 2.35 bits per heavy atom. The largest absolute Gasteiger partial charge is 0.338 e. The number of fused-ring (bicyclic) bond motifs is 1. The topological polar surface area (TPSA) is 79.8 Å². The molecule has 6 nitrogen and oxygen atoms in total. The first-order valence-electron chi connectivity index (χ1n) is 12.5. The molecule has 3 rings (SSSR count). The van der Waals surface area contributed by atoms with Crippen molar-refractivity contribution in [3.05, 3.63) is 17.8 Å². The second-order valence-electron chi connectivity index (χ2n) is 10.3. The maximum absolute atomic E-state index is 12.6. The molecule has 0 bridgehead atoms. The highest BCUT2D eigenvalue weighted by Gasteiger charge is 2.41. The first-order valence-corrected chi connectivity index (χ1v) is 15.9. The van der Waals surface area contributed by atoms with Crippen molar-refractivity contribution in [2.45, 2.75) is 89.0 Å². The van der Waals surface area contributed by atoms with Crippen LogP contribution >= 0.6 is 11.8 Å². The van der Waals surface area contributed by atoms with E-state index in [1.165, 1.54) is 37.4 Å². The lowest BCUT2D eigenvalue weighted by Gasteiger charge is -2.38. The number of hydrogen-bond donors (Lipinski definition) is 2. The van der Waals surface area contributed by atoms with Crippen LogP contribution in [-0.2, 0) is 0 Å². The Balaban J connectivity index is 1.98. The molecule has 2 aromatic heterocycles. The molecule has 1 aliphatic rings. The van der Waals surface area contributed by atoms with Crippen LogP contribution in [0.4, 0.5) is 10.6 Å². The smallest absolute Gasteiger partial charge is 0.320 e. The van der Waals surface area contributed by atoms with Gasteiger partial charge in [0.1, 0.15) is 13.9 Å². The van der Waals surface area contributed by atoms with Crippen molar-refractivity contribution >= 4 is 42.7 Å². The second-order valence-corrected chi connectivity index (χ2v) is 16.6. The Morgan fingerprint density at radius 2 is 1.76 bits per heavy atom. The molecule has 0 saturated heterocycles. The minimum absolute atomic E-state index is 0.230. The summed E-state index contributed by atoms with van der Waals surface area (Å²) in [6.07, 6.45) is 8.64. The number of urea groups is 1. The molecule has 184 valence electrons. The molecule has 1 aliphatic carbocycles. The molecule has 2 N–H and O–H groups in total. The third-order valence-corrected chi connectivity index (χ3v) is 14.1. The predicted octanol–water partition coefficient (Wildman–Crippen LogP) is 6.63. The van der Waals surface area contributed by atoms with Crippen molar-refractivity contribution in [3.8, 4) is 11.5 Å². The molecule has 0 aliphatic heterocycles. The molecule has 0 atom stereocenters. The van der Waals surface area contributed by atoms with Crippen molar-refractivity contribution in [2.24, 2.45) is 5.92 Å². The van der Waals surface area contributed by atoms with Crippen LogP contribution in [0.2, 0.25) is 16.6 Å². The molecule has 2 heterocycles. The summed E-state index contributed by atoms with van der Waals surface area (Å²) in [4.78, 5) is 26.3. The Labute approximate surface area is 209 Å². The van der Waals surface area contributed by atoms with E-state index in [2.05, 4.69) is 78.6 Å². The normalized spacial score (nSPS) is 14.6. The summed E-state index contributed by atoms with van der Waals surface area (Å²) in [5.41, 5.74) is 6.76. The first-order chi connectivity index (χ1) is 16.2. The molecule has 0 aromatic carbocycles. The molecule has 0 radical (unpaired) electrons. The number of amides is 2. The zero-order valence-corrected chi connectivity index (χ0v) is 23.5. The first kappa shape index (κ1) is 26.5. The lowest BCUT2D eigenvalue weighted by molar-refractivity contribution is 0.250. The molecule has 0 unspecified atom stereocenters. The number of carbonyl (C=O) groups is 1. The maximum Gasteiger partial charge on any atom is 0.320 e. The van der Waals surface area contributed by atoms with Gasteiger partial charge in [-0.1, -0.05) is 72.1 Å². The summed E-state index contributed by atoms with van der Waals surface area (Å²) < 4.78 is 0. The lowest BCUT2D eigenvalue weighted by atomic mass is 10.1. The van der Waals surface area contributed by atoms with Crippen LogP contribution in [-0.4, -0.2) is 41.9 Å². The predicted molar refractivity (Wildman–Crippen MR) is 146 cm³/mol. The Bertz CT molecular complexity index is 1050. The maximum atomic E-state index is 12.6. The molecular formula is C26H39N5OSSi. The van der Waals surface area contributed by atoms with Crippen LogP contribution in [0.15, 0.2) is 17.4 Å². The molecule has 2 amide bonds. The van der Waals surface area contributed by atoms with E-state index in [0.717, 1.165) is 10.9 Å². The van der Waals surface area contributed by atoms with Crippen molar-refractivity contribution < 1.29 is 4.79 Å². The summed E-state index contributed by atoms with van der Waals surface area (Å²) >= 11 is 1.47. The highest BCUT2D eigenvalue weighted by atomic mass is 32.2. The molecule has 2 aromatic rings. The van der Waals surface area contributed by atoms with Gasteiger partial charge in [0.25, 0.3) is 0 Å². The summed E-state index contributed by atoms with van der Waals surface area (Å²) in [6.45, 7) is 14.5. The molecular weight excluding hydrogens is 458 g/mol. The van der Waals surface area contributed by atoms with Crippen LogP contribution in [0.5, 0.6) is 0 Å². The van der Waals surface area contributed by atoms with Crippen LogP contribution in [0.25, 0.3) is 11.0 Å². The molecule has 0 spiro atoms. The number of nitrogens with zero attached hydrogens (tertiary/aromatic N) is 3. The Hall–Kier alpha value is -2.11. The number of anilines is 1. The van der Waals surface area contributed by atoms with E-state index < -0.39 is 8.07 Å². The fourth-order valence-electron chi connectivity index (χ4n) is 5.48. The average Bonchev–Trinajstić information content (AvgIpc) is 3.30. The Kier molecular flexibility index (Phi) is 8.99. The Morgan fingerprint density at radius 1 is 1.12 bits per heavy atom. The molecule has 8 heteroatoms.